The Bertz CT molecular complexity index is 571. The van der Waals surface area contributed by atoms with E-state index in [4.69, 9.17) is 9.84 Å². The molecule has 5 nitrogen and oxygen atoms in total. The summed E-state index contributed by atoms with van der Waals surface area (Å²) in [7, 11) is 1.35. The lowest BCUT2D eigenvalue weighted by Gasteiger charge is -2.28. The molecule has 1 amide bonds. The summed E-state index contributed by atoms with van der Waals surface area (Å²) in [4.78, 5) is 22.7. The second-order valence-corrected chi connectivity index (χ2v) is 4.57. The van der Waals surface area contributed by atoms with E-state index >= 15 is 0 Å². The molecule has 0 aliphatic carbocycles. The Hall–Kier alpha value is -2.25. The third kappa shape index (κ3) is 3.26. The summed E-state index contributed by atoms with van der Waals surface area (Å²) in [5.74, 6) is -3.04. The first kappa shape index (κ1) is 16.8. The summed E-state index contributed by atoms with van der Waals surface area (Å²) < 4.78 is 43.4. The van der Waals surface area contributed by atoms with Crippen LogP contribution in [0.1, 0.15) is 22.8 Å². The first-order valence-corrected chi connectivity index (χ1v) is 5.80. The number of hydrogen-bond donors (Lipinski definition) is 2. The highest BCUT2D eigenvalue weighted by Gasteiger charge is 2.58. The van der Waals surface area contributed by atoms with Crippen LogP contribution in [0.5, 0.6) is 5.75 Å². The van der Waals surface area contributed by atoms with Crippen molar-refractivity contribution >= 4 is 11.9 Å². The van der Waals surface area contributed by atoms with Crippen molar-refractivity contribution in [3.63, 3.8) is 0 Å². The second kappa shape index (κ2) is 5.63. The van der Waals surface area contributed by atoms with E-state index < -0.39 is 23.6 Å². The Morgan fingerprint density at radius 1 is 1.29 bits per heavy atom. The number of halogens is 3. The lowest BCUT2D eigenvalue weighted by atomic mass is 10.0. The van der Waals surface area contributed by atoms with Crippen molar-refractivity contribution in [2.24, 2.45) is 0 Å². The van der Waals surface area contributed by atoms with Gasteiger partial charge in [-0.05, 0) is 31.5 Å². The fraction of sp³-hybridized carbons (Fsp3) is 0.385. The quantitative estimate of drug-likeness (QED) is 0.893. The number of methoxy groups -OCH3 is 1. The number of carboxylic acids is 1. The SMILES string of the molecule is COc1cc(C(=O)NC(C)(C(=O)O)C(F)(F)F)ccc1C. The summed E-state index contributed by atoms with van der Waals surface area (Å²) >= 11 is 0. The summed E-state index contributed by atoms with van der Waals surface area (Å²) in [6.07, 6.45) is -5.14. The Morgan fingerprint density at radius 2 is 1.86 bits per heavy atom. The van der Waals surface area contributed by atoms with Crippen molar-refractivity contribution in [2.75, 3.05) is 7.11 Å². The molecule has 1 aromatic carbocycles. The third-order valence-corrected chi connectivity index (χ3v) is 3.03. The molecule has 0 aliphatic heterocycles. The fourth-order valence-electron chi connectivity index (χ4n) is 1.51. The minimum Gasteiger partial charge on any atom is -0.496 e. The molecular weight excluding hydrogens is 291 g/mol. The van der Waals surface area contributed by atoms with Crippen LogP contribution in [-0.4, -0.2) is 35.8 Å². The second-order valence-electron chi connectivity index (χ2n) is 4.57. The molecule has 1 rings (SSSR count). The van der Waals surface area contributed by atoms with Gasteiger partial charge in [0.15, 0.2) is 0 Å². The molecule has 0 bridgehead atoms. The number of aryl methyl sites for hydroxylation is 1. The lowest BCUT2D eigenvalue weighted by molar-refractivity contribution is -0.203. The number of nitrogens with one attached hydrogen (secondary N) is 1. The van der Waals surface area contributed by atoms with Gasteiger partial charge in [-0.2, -0.15) is 13.2 Å². The molecule has 0 radical (unpaired) electrons. The van der Waals surface area contributed by atoms with Crippen molar-refractivity contribution in [2.45, 2.75) is 25.6 Å². The molecule has 1 aromatic rings. The molecule has 0 saturated carbocycles. The van der Waals surface area contributed by atoms with E-state index in [1.54, 1.807) is 6.92 Å². The van der Waals surface area contributed by atoms with Gasteiger partial charge in [-0.1, -0.05) is 6.07 Å². The summed E-state index contributed by atoms with van der Waals surface area (Å²) in [5.41, 5.74) is -2.82. The van der Waals surface area contributed by atoms with Crippen molar-refractivity contribution in [3.8, 4) is 5.75 Å². The van der Waals surface area contributed by atoms with Crippen LogP contribution in [0.2, 0.25) is 0 Å². The molecule has 0 aliphatic rings. The van der Waals surface area contributed by atoms with Crippen LogP contribution in [0.4, 0.5) is 13.2 Å². The third-order valence-electron chi connectivity index (χ3n) is 3.03. The number of hydrogen-bond acceptors (Lipinski definition) is 3. The van der Waals surface area contributed by atoms with Gasteiger partial charge in [-0.3, -0.25) is 4.79 Å². The molecule has 0 aromatic heterocycles. The number of amides is 1. The number of aliphatic carboxylic acids is 1. The Balaban J connectivity index is 3.12. The smallest absolute Gasteiger partial charge is 0.422 e. The van der Waals surface area contributed by atoms with E-state index in [9.17, 15) is 22.8 Å². The minimum atomic E-state index is -5.14. The predicted octanol–water partition coefficient (Wildman–Crippen LogP) is 2.14. The Morgan fingerprint density at radius 3 is 2.29 bits per heavy atom. The Labute approximate surface area is 118 Å². The molecule has 0 fully saturated rings. The number of carboxylic acid groups (broad SMARTS) is 1. The van der Waals surface area contributed by atoms with Gasteiger partial charge in [0, 0.05) is 5.56 Å². The topological polar surface area (TPSA) is 75.6 Å². The fourth-order valence-corrected chi connectivity index (χ4v) is 1.51. The van der Waals surface area contributed by atoms with E-state index in [0.29, 0.717) is 18.2 Å². The highest BCUT2D eigenvalue weighted by Crippen LogP contribution is 2.31. The molecule has 21 heavy (non-hydrogen) atoms. The van der Waals surface area contributed by atoms with Crippen molar-refractivity contribution in [3.05, 3.63) is 29.3 Å². The summed E-state index contributed by atoms with van der Waals surface area (Å²) in [5, 5.41) is 10.3. The maximum Gasteiger partial charge on any atom is 0.422 e. The van der Waals surface area contributed by atoms with Gasteiger partial charge in [0.25, 0.3) is 5.91 Å². The zero-order valence-electron chi connectivity index (χ0n) is 11.5. The highest BCUT2D eigenvalue weighted by atomic mass is 19.4. The number of benzene rings is 1. The Kier molecular flexibility index (Phi) is 4.50. The van der Waals surface area contributed by atoms with Crippen LogP contribution >= 0.6 is 0 Å². The predicted molar refractivity (Wildman–Crippen MR) is 67.3 cm³/mol. The standard InChI is InChI=1S/C13H14F3NO4/c1-7-4-5-8(6-9(7)21-3)10(18)17-12(2,11(19)20)13(14,15)16/h4-6H,1-3H3,(H,17,18)(H,19,20). The van der Waals surface area contributed by atoms with Crippen molar-refractivity contribution in [1.29, 1.82) is 0 Å². The number of rotatable bonds is 4. The van der Waals surface area contributed by atoms with Gasteiger partial charge in [0.05, 0.1) is 7.11 Å². The number of ether oxygens (including phenoxy) is 1. The molecule has 1 atom stereocenters. The largest absolute Gasteiger partial charge is 0.496 e. The van der Waals surface area contributed by atoms with Crippen LogP contribution in [-0.2, 0) is 4.79 Å². The van der Waals surface area contributed by atoms with Gasteiger partial charge in [-0.25, -0.2) is 4.79 Å². The van der Waals surface area contributed by atoms with Crippen LogP contribution in [0.15, 0.2) is 18.2 Å². The van der Waals surface area contributed by atoms with Gasteiger partial charge in [-0.15, -0.1) is 0 Å². The molecule has 2 N–H and O–H groups in total. The van der Waals surface area contributed by atoms with Crippen LogP contribution < -0.4 is 10.1 Å². The summed E-state index contributed by atoms with van der Waals surface area (Å²) in [6, 6.07) is 4.01. The van der Waals surface area contributed by atoms with E-state index in [1.165, 1.54) is 30.6 Å². The monoisotopic (exact) mass is 305 g/mol. The van der Waals surface area contributed by atoms with E-state index in [0.717, 1.165) is 0 Å². The molecule has 1 unspecified atom stereocenters. The molecule has 0 saturated heterocycles. The summed E-state index contributed by atoms with van der Waals surface area (Å²) in [6.45, 7) is 2.08. The molecule has 8 heteroatoms. The normalized spacial score (nSPS) is 14.2. The number of alkyl halides is 3. The molecule has 0 spiro atoms. The van der Waals surface area contributed by atoms with Crippen LogP contribution in [0, 0.1) is 6.92 Å². The van der Waals surface area contributed by atoms with Crippen LogP contribution in [0.3, 0.4) is 0 Å². The zero-order chi connectivity index (χ0) is 16.4. The zero-order valence-corrected chi connectivity index (χ0v) is 11.5. The molecule has 116 valence electrons. The minimum absolute atomic E-state index is 0.130. The first-order chi connectivity index (χ1) is 9.52. The first-order valence-electron chi connectivity index (χ1n) is 5.80. The number of carbonyl (C=O) groups is 2. The van der Waals surface area contributed by atoms with Crippen molar-refractivity contribution in [1.82, 2.24) is 5.32 Å². The van der Waals surface area contributed by atoms with Crippen LogP contribution in [0.25, 0.3) is 0 Å². The van der Waals surface area contributed by atoms with E-state index in [-0.39, 0.29) is 5.56 Å². The van der Waals surface area contributed by atoms with E-state index in [2.05, 4.69) is 0 Å². The van der Waals surface area contributed by atoms with E-state index in [1.807, 2.05) is 0 Å². The molecule has 0 heterocycles. The van der Waals surface area contributed by atoms with Gasteiger partial charge < -0.3 is 15.2 Å². The van der Waals surface area contributed by atoms with Crippen molar-refractivity contribution < 1.29 is 32.6 Å². The van der Waals surface area contributed by atoms with Gasteiger partial charge in [0.2, 0.25) is 5.54 Å². The lowest BCUT2D eigenvalue weighted by Crippen LogP contribution is -2.61. The highest BCUT2D eigenvalue weighted by molar-refractivity contribution is 5.98. The maximum absolute atomic E-state index is 12.8. The van der Waals surface area contributed by atoms with Gasteiger partial charge >= 0.3 is 12.1 Å². The number of carbonyl (C=O) groups excluding carboxylic acids is 1. The average Bonchev–Trinajstić information content (AvgIpc) is 2.37. The molecular formula is C13H14F3NO4. The average molecular weight is 305 g/mol. The van der Waals surface area contributed by atoms with Gasteiger partial charge in [0.1, 0.15) is 5.75 Å². The maximum atomic E-state index is 12.8.